The van der Waals surface area contributed by atoms with Gasteiger partial charge in [-0.15, -0.1) is 0 Å². The second-order valence-electron chi connectivity index (χ2n) is 11.1. The number of rotatable bonds is 7. The molecule has 0 saturated carbocycles. The predicted octanol–water partition coefficient (Wildman–Crippen LogP) is 3.94. The summed E-state index contributed by atoms with van der Waals surface area (Å²) in [7, 11) is 0. The highest BCUT2D eigenvalue weighted by Crippen LogP contribution is 2.39. The number of hydrogen-bond acceptors (Lipinski definition) is 14. The van der Waals surface area contributed by atoms with Gasteiger partial charge in [0, 0.05) is 38.3 Å². The maximum Gasteiger partial charge on any atom is 0.338 e. The molecule has 2 aromatic rings. The van der Waals surface area contributed by atoms with Gasteiger partial charge in [0.25, 0.3) is 11.4 Å². The van der Waals surface area contributed by atoms with Crippen LogP contribution in [-0.4, -0.2) is 97.5 Å². The van der Waals surface area contributed by atoms with E-state index in [1.54, 1.807) is 26.0 Å². The van der Waals surface area contributed by atoms with Crippen molar-refractivity contribution in [2.24, 2.45) is 0 Å². The molecule has 2 fully saturated rings. The highest BCUT2D eigenvalue weighted by Gasteiger charge is 2.38. The zero-order valence-corrected chi connectivity index (χ0v) is 26.1. The van der Waals surface area contributed by atoms with Crippen LogP contribution in [0.25, 0.3) is 0 Å². The van der Waals surface area contributed by atoms with Crippen LogP contribution in [0.5, 0.6) is 11.5 Å². The minimum Gasteiger partial charge on any atom is -0.489 e. The van der Waals surface area contributed by atoms with Crippen LogP contribution in [0, 0.1) is 20.2 Å². The van der Waals surface area contributed by atoms with Crippen molar-refractivity contribution in [3.05, 3.63) is 67.8 Å². The van der Waals surface area contributed by atoms with Crippen molar-refractivity contribution in [2.75, 3.05) is 63.2 Å². The third-order valence-corrected chi connectivity index (χ3v) is 7.99. The lowest BCUT2D eigenvalue weighted by molar-refractivity contribution is -0.384. The number of benzene rings is 2. The summed E-state index contributed by atoms with van der Waals surface area (Å²) in [6.07, 6.45) is 5.15. The van der Waals surface area contributed by atoms with Crippen LogP contribution < -0.4 is 20.1 Å². The van der Waals surface area contributed by atoms with E-state index in [0.717, 1.165) is 25.0 Å². The number of nitrogens with zero attached hydrogens (tertiary/aromatic N) is 3. The summed E-state index contributed by atoms with van der Waals surface area (Å²) in [5.74, 6) is -1.32. The summed E-state index contributed by atoms with van der Waals surface area (Å²) in [5, 5.41) is 30.3. The first-order valence-corrected chi connectivity index (χ1v) is 15.4. The SMILES string of the molecule is CCOC(=O)c1cc2c(c([N+](=O)[O-])c1)NC/C=C/CNc1c(cc(C(=O)OCC)cc1[N+](=O)[O-])OCC(N1CC3CCC(C1)O3)CO2. The van der Waals surface area contributed by atoms with Crippen molar-refractivity contribution in [2.45, 2.75) is 44.9 Å². The van der Waals surface area contributed by atoms with E-state index in [0.29, 0.717) is 13.1 Å². The van der Waals surface area contributed by atoms with Crippen molar-refractivity contribution >= 4 is 34.7 Å². The van der Waals surface area contributed by atoms with Crippen LogP contribution >= 0.6 is 0 Å². The third kappa shape index (κ3) is 7.89. The number of nitro groups is 2. The fourth-order valence-corrected chi connectivity index (χ4v) is 5.80. The van der Waals surface area contributed by atoms with Crippen LogP contribution in [0.3, 0.4) is 0 Å². The van der Waals surface area contributed by atoms with E-state index >= 15 is 0 Å². The van der Waals surface area contributed by atoms with Gasteiger partial charge in [-0.2, -0.15) is 0 Å². The second kappa shape index (κ2) is 15.1. The molecule has 0 radical (unpaired) electrons. The normalized spacial score (nSPS) is 20.7. The molecule has 3 aliphatic rings. The third-order valence-electron chi connectivity index (χ3n) is 7.99. The first kappa shape index (κ1) is 33.4. The number of likely N-dealkylation sites (tertiary alicyclic amines) is 1. The summed E-state index contributed by atoms with van der Waals surface area (Å²) < 4.78 is 28.8. The Bertz CT molecular complexity index is 1440. The van der Waals surface area contributed by atoms with Gasteiger partial charge < -0.3 is 34.3 Å². The van der Waals surface area contributed by atoms with Crippen molar-refractivity contribution in [1.29, 1.82) is 0 Å². The number of nitrogens with one attached hydrogen (secondary N) is 2. The van der Waals surface area contributed by atoms with E-state index < -0.39 is 27.8 Å². The number of hydrogen-bond donors (Lipinski definition) is 2. The number of carbonyl (C=O) groups excluding carboxylic acids is 2. The molecular formula is C31H37N5O11. The number of nitro benzene ring substituents is 2. The van der Waals surface area contributed by atoms with E-state index in [4.69, 9.17) is 23.7 Å². The Labute approximate surface area is 270 Å². The van der Waals surface area contributed by atoms with Crippen LogP contribution in [-0.2, 0) is 14.2 Å². The Morgan fingerprint density at radius 1 is 0.809 bits per heavy atom. The summed E-state index contributed by atoms with van der Waals surface area (Å²) in [6, 6.07) is 4.62. The highest BCUT2D eigenvalue weighted by atomic mass is 16.6. The van der Waals surface area contributed by atoms with Crippen LogP contribution in [0.15, 0.2) is 36.4 Å². The lowest BCUT2D eigenvalue weighted by Crippen LogP contribution is -2.52. The molecule has 0 aliphatic carbocycles. The molecule has 5 rings (SSSR count). The van der Waals surface area contributed by atoms with Gasteiger partial charge in [0.05, 0.1) is 52.4 Å². The average Bonchev–Trinajstić information content (AvgIpc) is 3.38. The monoisotopic (exact) mass is 655 g/mol. The maximum atomic E-state index is 12.6. The van der Waals surface area contributed by atoms with Gasteiger partial charge in [0.15, 0.2) is 11.4 Å². The molecule has 2 unspecified atom stereocenters. The van der Waals surface area contributed by atoms with E-state index in [2.05, 4.69) is 15.5 Å². The highest BCUT2D eigenvalue weighted by molar-refractivity contribution is 5.93. The van der Waals surface area contributed by atoms with Gasteiger partial charge in [-0.3, -0.25) is 25.1 Å². The van der Waals surface area contributed by atoms with Crippen LogP contribution in [0.2, 0.25) is 0 Å². The molecule has 2 saturated heterocycles. The molecule has 16 nitrogen and oxygen atoms in total. The largest absolute Gasteiger partial charge is 0.489 e. The van der Waals surface area contributed by atoms with E-state index in [1.807, 2.05) is 0 Å². The van der Waals surface area contributed by atoms with Crippen molar-refractivity contribution in [3.63, 3.8) is 0 Å². The lowest BCUT2D eigenvalue weighted by Gasteiger charge is -2.37. The maximum absolute atomic E-state index is 12.6. The van der Waals surface area contributed by atoms with Gasteiger partial charge in [0.2, 0.25) is 0 Å². The summed E-state index contributed by atoms with van der Waals surface area (Å²) in [4.78, 5) is 50.5. The molecule has 3 heterocycles. The molecule has 2 N–H and O–H groups in total. The number of anilines is 2. The number of esters is 2. The van der Waals surface area contributed by atoms with Gasteiger partial charge in [0.1, 0.15) is 24.7 Å². The summed E-state index contributed by atoms with van der Waals surface area (Å²) in [5.41, 5.74) is -0.657. The Balaban J connectivity index is 1.55. The second-order valence-corrected chi connectivity index (χ2v) is 11.1. The Morgan fingerprint density at radius 2 is 1.26 bits per heavy atom. The molecular weight excluding hydrogens is 618 g/mol. The molecule has 252 valence electrons. The minimum atomic E-state index is -0.732. The van der Waals surface area contributed by atoms with Crippen molar-refractivity contribution in [3.8, 4) is 11.5 Å². The van der Waals surface area contributed by atoms with Crippen molar-refractivity contribution < 1.29 is 43.1 Å². The zero-order chi connectivity index (χ0) is 33.5. The number of fused-ring (bicyclic) bond motifs is 4. The van der Waals surface area contributed by atoms with E-state index in [1.165, 1.54) is 12.1 Å². The minimum absolute atomic E-state index is 0.00680. The summed E-state index contributed by atoms with van der Waals surface area (Å²) >= 11 is 0. The quantitative estimate of drug-likeness (QED) is 0.188. The van der Waals surface area contributed by atoms with Crippen molar-refractivity contribution in [1.82, 2.24) is 4.90 Å². The number of ether oxygens (including phenoxy) is 5. The van der Waals surface area contributed by atoms with Gasteiger partial charge in [-0.1, -0.05) is 12.2 Å². The fourth-order valence-electron chi connectivity index (χ4n) is 5.80. The Morgan fingerprint density at radius 3 is 1.66 bits per heavy atom. The topological polar surface area (TPSA) is 194 Å². The first-order chi connectivity index (χ1) is 22.7. The lowest BCUT2D eigenvalue weighted by atomic mass is 10.1. The molecule has 47 heavy (non-hydrogen) atoms. The van der Waals surface area contributed by atoms with Crippen LogP contribution in [0.4, 0.5) is 22.7 Å². The molecule has 0 aromatic heterocycles. The zero-order valence-electron chi connectivity index (χ0n) is 26.1. The van der Waals surface area contributed by atoms with E-state index in [9.17, 15) is 29.8 Å². The van der Waals surface area contributed by atoms with Gasteiger partial charge in [-0.25, -0.2) is 9.59 Å². The van der Waals surface area contributed by atoms with Gasteiger partial charge in [-0.05, 0) is 38.8 Å². The van der Waals surface area contributed by atoms with E-state index in [-0.39, 0.29) is 97.1 Å². The number of morpholine rings is 1. The fraction of sp³-hybridized carbons (Fsp3) is 0.484. The molecule has 2 aromatic carbocycles. The summed E-state index contributed by atoms with van der Waals surface area (Å²) in [6.45, 7) is 4.76. The van der Waals surface area contributed by atoms with Crippen LogP contribution in [0.1, 0.15) is 47.4 Å². The molecule has 2 bridgehead atoms. The Kier molecular flexibility index (Phi) is 10.7. The average molecular weight is 656 g/mol. The predicted molar refractivity (Wildman–Crippen MR) is 168 cm³/mol. The molecule has 2 atom stereocenters. The Hall–Kier alpha value is -4.96. The van der Waals surface area contributed by atoms with Gasteiger partial charge >= 0.3 is 11.9 Å². The standard InChI is InChI=1S/C31H37N5O11/c1-3-43-30(37)19-11-24(35(39)40)28-26(13-19)45-17-21(34-15-22-7-8-23(16-34)47-22)18-46-27-14-20(31(38)44-4-2)12-25(36(41)42)29(27)33-10-6-5-9-32-28/h5-6,11-14,21-23,32-33H,3-4,7-10,15-18H2,1-2H3/b6-5+. The molecule has 3 aliphatic heterocycles. The number of carbonyl (C=O) groups is 2. The smallest absolute Gasteiger partial charge is 0.338 e. The molecule has 0 spiro atoms. The molecule has 16 heteroatoms. The first-order valence-electron chi connectivity index (χ1n) is 15.4. The molecule has 0 amide bonds.